The molecule has 0 saturated carbocycles. The van der Waals surface area contributed by atoms with Gasteiger partial charge in [0.2, 0.25) is 0 Å². The van der Waals surface area contributed by atoms with Crippen molar-refractivity contribution >= 4 is 11.6 Å². The van der Waals surface area contributed by atoms with Gasteiger partial charge in [-0.1, -0.05) is 0 Å². The van der Waals surface area contributed by atoms with Crippen LogP contribution >= 0.6 is 0 Å². The van der Waals surface area contributed by atoms with Gasteiger partial charge >= 0.3 is 0 Å². The number of aromatic nitrogens is 2. The lowest BCUT2D eigenvalue weighted by atomic mass is 10.1. The number of rotatable bonds is 2. The molecule has 0 spiro atoms. The Morgan fingerprint density at radius 1 is 1.69 bits per heavy atom. The van der Waals surface area contributed by atoms with E-state index in [1.165, 1.54) is 20.0 Å². The first-order chi connectivity index (χ1) is 5.91. The molecule has 0 unspecified atom stereocenters. The molecule has 0 aromatic carbocycles. The number of amides is 1. The topological polar surface area (TPSA) is 78.0 Å². The average Bonchev–Trinajstić information content (AvgIpc) is 2.34. The summed E-state index contributed by atoms with van der Waals surface area (Å²) in [5.41, 5.74) is -0.0197. The Labute approximate surface area is 76.2 Å². The Bertz CT molecular complexity index is 311. The van der Waals surface area contributed by atoms with Crippen LogP contribution in [0.5, 0.6) is 0 Å². The average molecular weight is 183 g/mol. The molecule has 1 aromatic heterocycles. The molecule has 5 heteroatoms. The summed E-state index contributed by atoms with van der Waals surface area (Å²) in [5, 5.41) is 18.3. The zero-order valence-corrected chi connectivity index (χ0v) is 7.88. The Morgan fingerprint density at radius 3 is 2.69 bits per heavy atom. The summed E-state index contributed by atoms with van der Waals surface area (Å²) in [6.45, 7) is 4.64. The van der Waals surface area contributed by atoms with Gasteiger partial charge in [0.25, 0.3) is 5.91 Å². The van der Waals surface area contributed by atoms with Crippen LogP contribution in [0.1, 0.15) is 19.5 Å². The van der Waals surface area contributed by atoms with E-state index in [0.29, 0.717) is 5.69 Å². The predicted molar refractivity (Wildman–Crippen MR) is 48.3 cm³/mol. The highest BCUT2D eigenvalue weighted by Crippen LogP contribution is 2.12. The molecule has 1 aromatic rings. The van der Waals surface area contributed by atoms with E-state index in [-0.39, 0.29) is 0 Å². The van der Waals surface area contributed by atoms with E-state index < -0.39 is 11.5 Å². The Morgan fingerprint density at radius 2 is 2.31 bits per heavy atom. The number of carbonyl (C=O) groups is 1. The fraction of sp³-hybridized carbons (Fsp3) is 0.500. The van der Waals surface area contributed by atoms with Crippen molar-refractivity contribution in [1.82, 2.24) is 10.2 Å². The number of H-pyrrole nitrogens is 1. The predicted octanol–water partition coefficient (Wildman–Crippen LogP) is 0.428. The smallest absolute Gasteiger partial charge is 0.255 e. The second-order valence-electron chi connectivity index (χ2n) is 3.42. The van der Waals surface area contributed by atoms with Crippen molar-refractivity contribution in [2.24, 2.45) is 0 Å². The summed E-state index contributed by atoms with van der Waals surface area (Å²) in [5.74, 6) is -0.447. The van der Waals surface area contributed by atoms with Crippen LogP contribution in [0.3, 0.4) is 0 Å². The van der Waals surface area contributed by atoms with Gasteiger partial charge in [-0.15, -0.1) is 0 Å². The summed E-state index contributed by atoms with van der Waals surface area (Å²) in [6, 6.07) is 0. The Balaban J connectivity index is 2.71. The lowest BCUT2D eigenvalue weighted by molar-refractivity contribution is -0.130. The van der Waals surface area contributed by atoms with Gasteiger partial charge in [-0.3, -0.25) is 9.89 Å². The third kappa shape index (κ3) is 2.29. The lowest BCUT2D eigenvalue weighted by Crippen LogP contribution is -2.36. The zero-order chi connectivity index (χ0) is 10.1. The second-order valence-corrected chi connectivity index (χ2v) is 3.42. The number of aryl methyl sites for hydroxylation is 1. The molecule has 0 bridgehead atoms. The maximum Gasteiger partial charge on any atom is 0.255 e. The highest BCUT2D eigenvalue weighted by molar-refractivity contribution is 5.96. The molecule has 1 rings (SSSR count). The number of hydrogen-bond donors (Lipinski definition) is 3. The van der Waals surface area contributed by atoms with E-state index in [9.17, 15) is 9.90 Å². The number of nitrogens with one attached hydrogen (secondary N) is 2. The molecule has 0 fully saturated rings. The first kappa shape index (κ1) is 9.73. The van der Waals surface area contributed by atoms with Crippen LogP contribution in [0.25, 0.3) is 0 Å². The van der Waals surface area contributed by atoms with E-state index in [1.54, 1.807) is 6.92 Å². The van der Waals surface area contributed by atoms with Crippen molar-refractivity contribution in [3.8, 4) is 0 Å². The lowest BCUT2D eigenvalue weighted by Gasteiger charge is -2.15. The Kier molecular flexibility index (Phi) is 2.38. The van der Waals surface area contributed by atoms with E-state index in [1.807, 2.05) is 0 Å². The molecule has 3 N–H and O–H groups in total. The van der Waals surface area contributed by atoms with Crippen molar-refractivity contribution in [1.29, 1.82) is 0 Å². The van der Waals surface area contributed by atoms with Crippen LogP contribution in [-0.4, -0.2) is 26.8 Å². The molecular formula is C8H13N3O2. The fourth-order valence-corrected chi connectivity index (χ4v) is 0.752. The maximum atomic E-state index is 11.3. The second kappa shape index (κ2) is 3.18. The highest BCUT2D eigenvalue weighted by atomic mass is 16.3. The number of anilines is 1. The normalized spacial score (nSPS) is 11.4. The van der Waals surface area contributed by atoms with Gasteiger partial charge in [0.1, 0.15) is 5.60 Å². The fourth-order valence-electron chi connectivity index (χ4n) is 0.752. The van der Waals surface area contributed by atoms with E-state index >= 15 is 0 Å². The SMILES string of the molecule is Cc1[nH]ncc1NC(=O)C(C)(C)O. The number of carbonyl (C=O) groups excluding carboxylic acids is 1. The van der Waals surface area contributed by atoms with Crippen molar-refractivity contribution in [3.05, 3.63) is 11.9 Å². The molecule has 0 aliphatic rings. The first-order valence-electron chi connectivity index (χ1n) is 3.95. The molecule has 72 valence electrons. The molecular weight excluding hydrogens is 170 g/mol. The van der Waals surface area contributed by atoms with Gasteiger partial charge in [0.05, 0.1) is 17.6 Å². The van der Waals surface area contributed by atoms with Gasteiger partial charge in [0, 0.05) is 0 Å². The number of aromatic amines is 1. The number of nitrogens with zero attached hydrogens (tertiary/aromatic N) is 1. The van der Waals surface area contributed by atoms with Crippen LogP contribution in [0.15, 0.2) is 6.20 Å². The number of aliphatic hydroxyl groups is 1. The first-order valence-corrected chi connectivity index (χ1v) is 3.95. The van der Waals surface area contributed by atoms with Gasteiger partial charge < -0.3 is 10.4 Å². The quantitative estimate of drug-likeness (QED) is 0.622. The third-order valence-electron chi connectivity index (χ3n) is 1.63. The van der Waals surface area contributed by atoms with Crippen molar-refractivity contribution in [3.63, 3.8) is 0 Å². The Hall–Kier alpha value is -1.36. The standard InChI is InChI=1S/C8H13N3O2/c1-5-6(4-9-11-5)10-7(12)8(2,3)13/h4,13H,1-3H3,(H,9,11)(H,10,12). The molecule has 0 radical (unpaired) electrons. The van der Waals surface area contributed by atoms with Crippen molar-refractivity contribution < 1.29 is 9.90 Å². The molecule has 1 heterocycles. The van der Waals surface area contributed by atoms with Crippen LogP contribution in [0.2, 0.25) is 0 Å². The molecule has 1 amide bonds. The third-order valence-corrected chi connectivity index (χ3v) is 1.63. The van der Waals surface area contributed by atoms with E-state index in [2.05, 4.69) is 15.5 Å². The van der Waals surface area contributed by atoms with E-state index in [4.69, 9.17) is 0 Å². The van der Waals surface area contributed by atoms with Gasteiger partial charge in [-0.05, 0) is 20.8 Å². The minimum absolute atomic E-state index is 0.447. The molecule has 5 nitrogen and oxygen atoms in total. The molecule has 13 heavy (non-hydrogen) atoms. The van der Waals surface area contributed by atoms with Crippen LogP contribution < -0.4 is 5.32 Å². The van der Waals surface area contributed by atoms with Gasteiger partial charge in [-0.2, -0.15) is 5.10 Å². The van der Waals surface area contributed by atoms with Crippen LogP contribution in [-0.2, 0) is 4.79 Å². The highest BCUT2D eigenvalue weighted by Gasteiger charge is 2.24. The maximum absolute atomic E-state index is 11.3. The molecule has 0 aliphatic carbocycles. The van der Waals surface area contributed by atoms with Crippen molar-refractivity contribution in [2.45, 2.75) is 26.4 Å². The number of hydrogen-bond acceptors (Lipinski definition) is 3. The largest absolute Gasteiger partial charge is 0.381 e. The van der Waals surface area contributed by atoms with Gasteiger partial charge in [-0.25, -0.2) is 0 Å². The van der Waals surface area contributed by atoms with Crippen LogP contribution in [0, 0.1) is 6.92 Å². The summed E-state index contributed by atoms with van der Waals surface area (Å²) >= 11 is 0. The molecule has 0 atom stereocenters. The van der Waals surface area contributed by atoms with Crippen LogP contribution in [0.4, 0.5) is 5.69 Å². The summed E-state index contributed by atoms with van der Waals surface area (Å²) in [4.78, 5) is 11.3. The molecule has 0 aliphatic heterocycles. The zero-order valence-electron chi connectivity index (χ0n) is 7.88. The minimum Gasteiger partial charge on any atom is -0.381 e. The minimum atomic E-state index is -1.37. The van der Waals surface area contributed by atoms with Gasteiger partial charge in [0.15, 0.2) is 0 Å². The van der Waals surface area contributed by atoms with Crippen molar-refractivity contribution in [2.75, 3.05) is 5.32 Å². The summed E-state index contributed by atoms with van der Waals surface area (Å²) in [6.07, 6.45) is 1.50. The molecule has 0 saturated heterocycles. The summed E-state index contributed by atoms with van der Waals surface area (Å²) < 4.78 is 0. The summed E-state index contributed by atoms with van der Waals surface area (Å²) in [7, 11) is 0. The monoisotopic (exact) mass is 183 g/mol. The van der Waals surface area contributed by atoms with E-state index in [0.717, 1.165) is 5.69 Å².